The molecule has 17 heteroatoms. The summed E-state index contributed by atoms with van der Waals surface area (Å²) in [5.41, 5.74) is 2.15. The van der Waals surface area contributed by atoms with Crippen molar-refractivity contribution in [3.63, 3.8) is 0 Å². The molecule has 3 heterocycles. The van der Waals surface area contributed by atoms with Gasteiger partial charge in [0.2, 0.25) is 21.7 Å². The minimum atomic E-state index is -5.42. The van der Waals surface area contributed by atoms with E-state index in [1.54, 1.807) is 18.3 Å². The zero-order valence-electron chi connectivity index (χ0n) is 23.1. The number of benzene rings is 2. The number of aromatic nitrogens is 1. The molecule has 45 heavy (non-hydrogen) atoms. The Kier molecular flexibility index (Phi) is 9.06. The van der Waals surface area contributed by atoms with E-state index in [0.29, 0.717) is 23.2 Å². The number of halogens is 5. The molecular weight excluding hydrogens is 631 g/mol. The number of phenolic OH excluding ortho intramolecular Hbond substituents is 1. The van der Waals surface area contributed by atoms with Gasteiger partial charge >= 0.3 is 0 Å². The first-order chi connectivity index (χ1) is 21.4. The van der Waals surface area contributed by atoms with Crippen LogP contribution < -0.4 is 10.4 Å². The van der Waals surface area contributed by atoms with E-state index in [1.165, 1.54) is 11.5 Å². The van der Waals surface area contributed by atoms with E-state index < -0.39 is 74.2 Å². The van der Waals surface area contributed by atoms with E-state index in [1.807, 2.05) is 0 Å². The number of anilines is 1. The van der Waals surface area contributed by atoms with Crippen LogP contribution in [0.4, 0.5) is 27.6 Å². The normalized spacial score (nSPS) is 17.5. The number of ether oxygens (including phenoxy) is 1. The van der Waals surface area contributed by atoms with Crippen LogP contribution in [-0.4, -0.2) is 65.6 Å². The number of nitrogens with zero attached hydrogens (tertiary/aromatic N) is 3. The maximum Gasteiger partial charge on any atom is 0.278 e. The molecule has 1 aromatic heterocycles. The summed E-state index contributed by atoms with van der Waals surface area (Å²) in [5, 5.41) is 19.3. The highest BCUT2D eigenvalue weighted by Crippen LogP contribution is 2.36. The Morgan fingerprint density at radius 3 is 2.16 bits per heavy atom. The van der Waals surface area contributed by atoms with Crippen LogP contribution >= 0.6 is 0 Å². The van der Waals surface area contributed by atoms with Gasteiger partial charge in [0.1, 0.15) is 11.8 Å². The first-order valence-electron chi connectivity index (χ1n) is 13.5. The third-order valence-electron chi connectivity index (χ3n) is 7.76. The average molecular weight is 657 g/mol. The van der Waals surface area contributed by atoms with Crippen LogP contribution in [0.1, 0.15) is 46.8 Å². The molecule has 5 rings (SSSR count). The molecule has 2 aromatic carbocycles. The van der Waals surface area contributed by atoms with Gasteiger partial charge < -0.3 is 14.7 Å². The second-order valence-electron chi connectivity index (χ2n) is 10.4. The van der Waals surface area contributed by atoms with E-state index in [4.69, 9.17) is 9.94 Å². The molecule has 1 atom stereocenters. The Balaban J connectivity index is 1.49. The summed E-state index contributed by atoms with van der Waals surface area (Å²) >= 11 is 0. The van der Waals surface area contributed by atoms with Crippen LogP contribution in [-0.2, 0) is 26.1 Å². The Morgan fingerprint density at radius 2 is 1.62 bits per heavy atom. The minimum absolute atomic E-state index is 0.0669. The Labute approximate surface area is 252 Å². The second-order valence-corrected chi connectivity index (χ2v) is 12.2. The van der Waals surface area contributed by atoms with Crippen LogP contribution in [0, 0.1) is 29.1 Å². The van der Waals surface area contributed by atoms with Crippen molar-refractivity contribution in [2.45, 2.75) is 42.7 Å². The van der Waals surface area contributed by atoms with Gasteiger partial charge in [-0.2, -0.15) is 4.31 Å². The van der Waals surface area contributed by atoms with Crippen LogP contribution in [0.2, 0.25) is 0 Å². The van der Waals surface area contributed by atoms with Crippen molar-refractivity contribution in [3.8, 4) is 5.75 Å². The Hall–Kier alpha value is -4.19. The predicted octanol–water partition coefficient (Wildman–Crippen LogP) is 3.49. The molecular formula is C28H25F5N4O7S. The number of sulfonamides is 1. The van der Waals surface area contributed by atoms with Gasteiger partial charge in [0.05, 0.1) is 17.8 Å². The summed E-state index contributed by atoms with van der Waals surface area (Å²) in [4.78, 5) is 29.0. The lowest BCUT2D eigenvalue weighted by Gasteiger charge is -2.41. The van der Waals surface area contributed by atoms with E-state index in [-0.39, 0.29) is 30.1 Å². The zero-order chi connectivity index (χ0) is 32.6. The van der Waals surface area contributed by atoms with Crippen LogP contribution in [0.25, 0.3) is 0 Å². The number of amides is 2. The molecule has 0 bridgehead atoms. The molecule has 240 valence electrons. The quantitative estimate of drug-likeness (QED) is 0.110. The molecule has 3 N–H and O–H groups in total. The minimum Gasteiger partial charge on any atom is -0.507 e. The summed E-state index contributed by atoms with van der Waals surface area (Å²) in [7, 11) is -5.42. The van der Waals surface area contributed by atoms with Gasteiger partial charge in [-0.3, -0.25) is 19.8 Å². The standard InChI is InChI=1S/C28H25F5N4O7S/c29-21-22(30)24(32)26(25(33)23(21)31)45(42,43)37-8-5-19(37)28(40)36(17-3-4-18(20(38)11-17)27(39)35-41)13-16-2-1-15(12-34-16)14-6-9-44-10-7-14/h1-4,11-12,14,19,38,41H,5-10,13H2,(H,35,39)/t19-/m1/s1. The van der Waals surface area contributed by atoms with Crippen molar-refractivity contribution >= 4 is 27.5 Å². The van der Waals surface area contributed by atoms with Crippen molar-refractivity contribution in [1.29, 1.82) is 0 Å². The van der Waals surface area contributed by atoms with Gasteiger partial charge in [0.15, 0.2) is 28.2 Å². The number of phenols is 1. The maximum absolute atomic E-state index is 14.5. The molecule has 0 aliphatic carbocycles. The Morgan fingerprint density at radius 1 is 0.978 bits per heavy atom. The molecule has 2 aliphatic heterocycles. The summed E-state index contributed by atoms with van der Waals surface area (Å²) in [5.74, 6) is -15.1. The molecule has 11 nitrogen and oxygen atoms in total. The van der Waals surface area contributed by atoms with Crippen LogP contribution in [0.5, 0.6) is 5.75 Å². The van der Waals surface area contributed by atoms with Gasteiger partial charge in [0, 0.05) is 37.7 Å². The largest absolute Gasteiger partial charge is 0.507 e. The fourth-order valence-corrected chi connectivity index (χ4v) is 6.95. The van der Waals surface area contributed by atoms with Crippen LogP contribution in [0.3, 0.4) is 0 Å². The number of aromatic hydroxyl groups is 1. The van der Waals surface area contributed by atoms with Gasteiger partial charge in [0.25, 0.3) is 5.91 Å². The highest BCUT2D eigenvalue weighted by Gasteiger charge is 2.48. The number of hydrogen-bond donors (Lipinski definition) is 3. The van der Waals surface area contributed by atoms with E-state index in [9.17, 15) is 45.1 Å². The summed E-state index contributed by atoms with van der Waals surface area (Å²) in [6.45, 7) is 0.387. The SMILES string of the molecule is O=C(NO)c1ccc(N(Cc2ccc(C3CCOCC3)cn2)C(=O)[C@H]2CCN2S(=O)(=O)c2c(F)c(F)c(F)c(F)c2F)cc1O. The molecule has 0 unspecified atom stereocenters. The first kappa shape index (κ1) is 32.2. The number of pyridine rings is 1. The number of hydrogen-bond acceptors (Lipinski definition) is 8. The van der Waals surface area contributed by atoms with Gasteiger partial charge in [-0.05, 0) is 48.9 Å². The van der Waals surface area contributed by atoms with Crippen LogP contribution in [0.15, 0.2) is 41.4 Å². The summed E-state index contributed by atoms with van der Waals surface area (Å²) in [6, 6.07) is 5.05. The monoisotopic (exact) mass is 656 g/mol. The molecule has 0 radical (unpaired) electrons. The number of rotatable bonds is 8. The van der Waals surface area contributed by atoms with Crippen molar-refractivity contribution in [2.75, 3.05) is 24.7 Å². The number of hydroxylamine groups is 1. The third-order valence-corrected chi connectivity index (χ3v) is 9.69. The summed E-state index contributed by atoms with van der Waals surface area (Å²) in [6.07, 6.45) is 3.00. The second kappa shape index (κ2) is 12.7. The van der Waals surface area contributed by atoms with Crippen molar-refractivity contribution in [3.05, 3.63) is 82.4 Å². The van der Waals surface area contributed by atoms with E-state index in [2.05, 4.69) is 4.98 Å². The zero-order valence-corrected chi connectivity index (χ0v) is 24.0. The van der Waals surface area contributed by atoms with Gasteiger partial charge in [-0.25, -0.2) is 35.8 Å². The molecule has 2 aliphatic rings. The molecule has 2 fully saturated rings. The smallest absolute Gasteiger partial charge is 0.278 e. The average Bonchev–Trinajstić information content (AvgIpc) is 3.01. The number of carbonyl (C=O) groups is 2. The molecule has 0 saturated carbocycles. The number of carbonyl (C=O) groups excluding carboxylic acids is 2. The summed E-state index contributed by atoms with van der Waals surface area (Å²) < 4.78 is 102. The van der Waals surface area contributed by atoms with Gasteiger partial charge in [-0.15, -0.1) is 0 Å². The lowest BCUT2D eigenvalue weighted by Crippen LogP contribution is -2.59. The fraction of sp³-hybridized carbons (Fsp3) is 0.321. The predicted molar refractivity (Wildman–Crippen MR) is 144 cm³/mol. The molecule has 2 amide bonds. The van der Waals surface area contributed by atoms with Crippen molar-refractivity contribution in [2.24, 2.45) is 0 Å². The first-order valence-corrected chi connectivity index (χ1v) is 15.0. The third kappa shape index (κ3) is 5.95. The van der Waals surface area contributed by atoms with E-state index in [0.717, 1.165) is 35.4 Å². The highest BCUT2D eigenvalue weighted by molar-refractivity contribution is 7.89. The molecule has 0 spiro atoms. The topological polar surface area (TPSA) is 149 Å². The van der Waals surface area contributed by atoms with E-state index >= 15 is 0 Å². The molecule has 3 aromatic rings. The highest BCUT2D eigenvalue weighted by atomic mass is 32.2. The maximum atomic E-state index is 14.5. The van der Waals surface area contributed by atoms with Crippen molar-refractivity contribution in [1.82, 2.24) is 14.8 Å². The number of nitrogens with one attached hydrogen (secondary N) is 1. The fourth-order valence-electron chi connectivity index (χ4n) is 5.21. The lowest BCUT2D eigenvalue weighted by atomic mass is 9.93. The van der Waals surface area contributed by atoms with Crippen molar-refractivity contribution < 1.29 is 55.0 Å². The van der Waals surface area contributed by atoms with Gasteiger partial charge in [-0.1, -0.05) is 6.07 Å². The Bertz CT molecular complexity index is 1730. The lowest BCUT2D eigenvalue weighted by molar-refractivity contribution is -0.125. The molecule has 2 saturated heterocycles.